The second kappa shape index (κ2) is 10.4. The number of thioether (sulfide) groups is 1. The van der Waals surface area contributed by atoms with Crippen LogP contribution in [0.2, 0.25) is 0 Å². The van der Waals surface area contributed by atoms with Gasteiger partial charge >= 0.3 is 0 Å². The highest BCUT2D eigenvalue weighted by atomic mass is 32.2. The average Bonchev–Trinajstić information content (AvgIpc) is 3.18. The van der Waals surface area contributed by atoms with Crippen molar-refractivity contribution in [2.45, 2.75) is 18.3 Å². The Kier molecular flexibility index (Phi) is 7.19. The van der Waals surface area contributed by atoms with E-state index in [9.17, 15) is 9.59 Å². The molecule has 170 valence electrons. The molecule has 4 rings (SSSR count). The molecule has 2 amide bonds. The van der Waals surface area contributed by atoms with Crippen LogP contribution in [0, 0.1) is 0 Å². The van der Waals surface area contributed by atoms with Crippen LogP contribution in [0.4, 0.5) is 5.69 Å². The second-order valence-corrected chi connectivity index (χ2v) is 8.70. The Labute approximate surface area is 197 Å². The van der Waals surface area contributed by atoms with E-state index in [1.54, 1.807) is 49.1 Å². The zero-order valence-corrected chi connectivity index (χ0v) is 19.4. The average molecular weight is 463 g/mol. The molecule has 0 radical (unpaired) electrons. The van der Waals surface area contributed by atoms with Gasteiger partial charge in [-0.05, 0) is 29.3 Å². The molecule has 3 aromatic rings. The van der Waals surface area contributed by atoms with Gasteiger partial charge in [0.1, 0.15) is 6.04 Å². The number of anilines is 1. The summed E-state index contributed by atoms with van der Waals surface area (Å²) in [6.45, 7) is 0.422. The van der Waals surface area contributed by atoms with Crippen LogP contribution < -0.4 is 14.8 Å². The summed E-state index contributed by atoms with van der Waals surface area (Å²) in [6, 6.07) is 22.2. The van der Waals surface area contributed by atoms with E-state index in [4.69, 9.17) is 9.47 Å². The van der Waals surface area contributed by atoms with Gasteiger partial charge in [0.25, 0.3) is 5.91 Å². The van der Waals surface area contributed by atoms with Crippen molar-refractivity contribution >= 4 is 29.3 Å². The van der Waals surface area contributed by atoms with Gasteiger partial charge in [-0.1, -0.05) is 48.5 Å². The molecule has 0 saturated heterocycles. The molecule has 1 unspecified atom stereocenters. The zero-order chi connectivity index (χ0) is 23.2. The van der Waals surface area contributed by atoms with E-state index in [0.717, 1.165) is 11.3 Å². The minimum absolute atomic E-state index is 0.113. The molecule has 0 bridgehead atoms. The number of rotatable bonds is 9. The highest BCUT2D eigenvalue weighted by Crippen LogP contribution is 2.31. The first-order valence-corrected chi connectivity index (χ1v) is 11.8. The van der Waals surface area contributed by atoms with Crippen molar-refractivity contribution in [3.05, 3.63) is 89.5 Å². The maximum Gasteiger partial charge on any atom is 0.255 e. The maximum absolute atomic E-state index is 13.4. The fourth-order valence-corrected chi connectivity index (χ4v) is 4.94. The molecule has 1 heterocycles. The monoisotopic (exact) mass is 462 g/mol. The lowest BCUT2D eigenvalue weighted by Gasteiger charge is -2.27. The summed E-state index contributed by atoms with van der Waals surface area (Å²) in [6.07, 6.45) is 0. The SMILES string of the molecule is COc1ccc(NC(=O)C(CSCc2ccccc2)N2Cc3ccccc3C2=O)cc1OC. The molecule has 0 spiro atoms. The normalized spacial score (nSPS) is 13.4. The van der Waals surface area contributed by atoms with Gasteiger partial charge in [0.15, 0.2) is 11.5 Å². The molecule has 0 aliphatic carbocycles. The predicted molar refractivity (Wildman–Crippen MR) is 131 cm³/mol. The summed E-state index contributed by atoms with van der Waals surface area (Å²) in [5, 5.41) is 2.96. The van der Waals surface area contributed by atoms with Gasteiger partial charge in [-0.25, -0.2) is 0 Å². The van der Waals surface area contributed by atoms with Crippen molar-refractivity contribution in [3.8, 4) is 11.5 Å². The van der Waals surface area contributed by atoms with E-state index in [1.807, 2.05) is 42.5 Å². The number of methoxy groups -OCH3 is 2. The molecule has 1 aliphatic heterocycles. The highest BCUT2D eigenvalue weighted by Gasteiger charge is 2.36. The van der Waals surface area contributed by atoms with E-state index >= 15 is 0 Å². The van der Waals surface area contributed by atoms with E-state index in [2.05, 4.69) is 17.4 Å². The summed E-state index contributed by atoms with van der Waals surface area (Å²) >= 11 is 1.64. The standard InChI is InChI=1S/C26H26N2O4S/c1-31-23-13-12-20(14-24(23)32-2)27-25(29)22(17-33-16-18-8-4-3-5-9-18)28-15-19-10-6-7-11-21(19)26(28)30/h3-14,22H,15-17H2,1-2H3,(H,27,29). The molecule has 1 atom stereocenters. The fourth-order valence-electron chi connectivity index (χ4n) is 3.84. The quantitative estimate of drug-likeness (QED) is 0.503. The van der Waals surface area contributed by atoms with E-state index < -0.39 is 6.04 Å². The predicted octanol–water partition coefficient (Wildman–Crippen LogP) is 4.60. The lowest BCUT2D eigenvalue weighted by atomic mass is 10.1. The Hall–Kier alpha value is -3.45. The van der Waals surface area contributed by atoms with Gasteiger partial charge in [-0.3, -0.25) is 9.59 Å². The van der Waals surface area contributed by atoms with Crippen LogP contribution in [0.15, 0.2) is 72.8 Å². The minimum atomic E-state index is -0.619. The number of amides is 2. The number of carbonyl (C=O) groups excluding carboxylic acids is 2. The third kappa shape index (κ3) is 5.14. The summed E-state index contributed by atoms with van der Waals surface area (Å²) in [5.74, 6) is 2.00. The van der Waals surface area contributed by atoms with Crippen molar-refractivity contribution < 1.29 is 19.1 Å². The Morgan fingerprint density at radius 1 is 1.00 bits per heavy atom. The van der Waals surface area contributed by atoms with Gasteiger partial charge < -0.3 is 19.7 Å². The number of fused-ring (bicyclic) bond motifs is 1. The number of carbonyl (C=O) groups is 2. The van der Waals surface area contributed by atoms with Crippen LogP contribution in [0.5, 0.6) is 11.5 Å². The lowest BCUT2D eigenvalue weighted by Crippen LogP contribution is -2.46. The Bertz CT molecular complexity index is 1140. The summed E-state index contributed by atoms with van der Waals surface area (Å²) in [4.78, 5) is 28.2. The molecular weight excluding hydrogens is 436 g/mol. The van der Waals surface area contributed by atoms with Crippen molar-refractivity contribution in [3.63, 3.8) is 0 Å². The number of hydrogen-bond donors (Lipinski definition) is 1. The van der Waals surface area contributed by atoms with Crippen LogP contribution in [-0.4, -0.2) is 42.7 Å². The van der Waals surface area contributed by atoms with Gasteiger partial charge in [-0.15, -0.1) is 0 Å². The summed E-state index contributed by atoms with van der Waals surface area (Å²) < 4.78 is 10.6. The first kappa shape index (κ1) is 22.7. The van der Waals surface area contributed by atoms with Crippen molar-refractivity contribution in [1.29, 1.82) is 0 Å². The number of ether oxygens (including phenoxy) is 2. The molecule has 33 heavy (non-hydrogen) atoms. The van der Waals surface area contributed by atoms with Gasteiger partial charge in [0, 0.05) is 35.4 Å². The van der Waals surface area contributed by atoms with Crippen molar-refractivity contribution in [2.24, 2.45) is 0 Å². The molecule has 0 saturated carbocycles. The van der Waals surface area contributed by atoms with Crippen molar-refractivity contribution in [2.75, 3.05) is 25.3 Å². The van der Waals surface area contributed by atoms with Gasteiger partial charge in [-0.2, -0.15) is 11.8 Å². The molecule has 7 heteroatoms. The van der Waals surface area contributed by atoms with E-state index in [0.29, 0.717) is 35.0 Å². The van der Waals surface area contributed by atoms with Gasteiger partial charge in [0.05, 0.1) is 14.2 Å². The maximum atomic E-state index is 13.4. The fraction of sp³-hybridized carbons (Fsp3) is 0.231. The van der Waals surface area contributed by atoms with Crippen LogP contribution >= 0.6 is 11.8 Å². The Morgan fingerprint density at radius 3 is 2.45 bits per heavy atom. The van der Waals surface area contributed by atoms with Crippen LogP contribution in [0.3, 0.4) is 0 Å². The largest absolute Gasteiger partial charge is 0.493 e. The third-order valence-electron chi connectivity index (χ3n) is 5.57. The second-order valence-electron chi connectivity index (χ2n) is 7.67. The summed E-state index contributed by atoms with van der Waals surface area (Å²) in [5.41, 5.74) is 3.37. The molecular formula is C26H26N2O4S. The Balaban J connectivity index is 1.53. The van der Waals surface area contributed by atoms with Crippen LogP contribution in [-0.2, 0) is 17.1 Å². The first-order valence-electron chi connectivity index (χ1n) is 10.6. The molecule has 1 aliphatic rings. The first-order chi connectivity index (χ1) is 16.1. The Morgan fingerprint density at radius 2 is 1.73 bits per heavy atom. The molecule has 0 fully saturated rings. The van der Waals surface area contributed by atoms with Crippen molar-refractivity contribution in [1.82, 2.24) is 4.90 Å². The van der Waals surface area contributed by atoms with Gasteiger partial charge in [0.2, 0.25) is 5.91 Å². The minimum Gasteiger partial charge on any atom is -0.493 e. The number of benzene rings is 3. The highest BCUT2D eigenvalue weighted by molar-refractivity contribution is 7.98. The summed E-state index contributed by atoms with van der Waals surface area (Å²) in [7, 11) is 3.11. The van der Waals surface area contributed by atoms with Crippen LogP contribution in [0.1, 0.15) is 21.5 Å². The molecule has 1 N–H and O–H groups in total. The number of nitrogens with zero attached hydrogens (tertiary/aromatic N) is 1. The number of nitrogens with one attached hydrogen (secondary N) is 1. The van der Waals surface area contributed by atoms with Crippen LogP contribution in [0.25, 0.3) is 0 Å². The van der Waals surface area contributed by atoms with E-state index in [1.165, 1.54) is 5.56 Å². The molecule has 6 nitrogen and oxygen atoms in total. The smallest absolute Gasteiger partial charge is 0.255 e. The van der Waals surface area contributed by atoms with E-state index in [-0.39, 0.29) is 11.8 Å². The molecule has 0 aromatic heterocycles. The third-order valence-corrected chi connectivity index (χ3v) is 6.66. The topological polar surface area (TPSA) is 67.9 Å². The number of hydrogen-bond acceptors (Lipinski definition) is 5. The zero-order valence-electron chi connectivity index (χ0n) is 18.6. The lowest BCUT2D eigenvalue weighted by molar-refractivity contribution is -0.119. The molecule has 3 aromatic carbocycles.